The van der Waals surface area contributed by atoms with Crippen molar-refractivity contribution in [3.8, 4) is 0 Å². The quantitative estimate of drug-likeness (QED) is 0.412. The van der Waals surface area contributed by atoms with Gasteiger partial charge in [-0.05, 0) is 33.4 Å². The van der Waals surface area contributed by atoms with Crippen LogP contribution in [0.5, 0.6) is 0 Å². The second kappa shape index (κ2) is 11.2. The highest BCUT2D eigenvalue weighted by molar-refractivity contribution is 14.0. The average molecular weight is 387 g/mol. The topological polar surface area (TPSA) is 27.6 Å². The minimum absolute atomic E-state index is 0. The first-order valence-electron chi connectivity index (χ1n) is 6.51. The van der Waals surface area contributed by atoms with Crippen LogP contribution in [0.2, 0.25) is 0 Å². The predicted octanol–water partition coefficient (Wildman–Crippen LogP) is 3.44. The van der Waals surface area contributed by atoms with Gasteiger partial charge in [0.2, 0.25) is 0 Å². The Kier molecular flexibility index (Phi) is 12.9. The van der Waals surface area contributed by atoms with E-state index in [1.807, 2.05) is 11.8 Å². The van der Waals surface area contributed by atoms with Crippen LogP contribution in [0.4, 0.5) is 0 Å². The average Bonchev–Trinajstić information content (AvgIpc) is 2.31. The zero-order chi connectivity index (χ0) is 13.3. The Morgan fingerprint density at radius 1 is 1.33 bits per heavy atom. The van der Waals surface area contributed by atoms with Crippen molar-refractivity contribution < 1.29 is 0 Å². The number of halogens is 1. The molecule has 5 heteroatoms. The molecule has 110 valence electrons. The van der Waals surface area contributed by atoms with Gasteiger partial charge in [0.1, 0.15) is 0 Å². The van der Waals surface area contributed by atoms with Gasteiger partial charge < -0.3 is 10.2 Å². The van der Waals surface area contributed by atoms with E-state index in [0.717, 1.165) is 25.6 Å². The lowest BCUT2D eigenvalue weighted by molar-refractivity contribution is 0.463. The monoisotopic (exact) mass is 387 g/mol. The molecule has 0 fully saturated rings. The molecule has 0 aromatic heterocycles. The van der Waals surface area contributed by atoms with Crippen molar-refractivity contribution in [2.45, 2.75) is 45.3 Å². The van der Waals surface area contributed by atoms with E-state index in [0.29, 0.717) is 0 Å². The first-order chi connectivity index (χ1) is 7.96. The number of hydrogen-bond donors (Lipinski definition) is 1. The number of unbranched alkanes of at least 4 members (excludes halogenated alkanes) is 1. The molecule has 0 saturated heterocycles. The van der Waals surface area contributed by atoms with E-state index < -0.39 is 0 Å². The zero-order valence-corrected chi connectivity index (χ0v) is 15.9. The molecule has 0 unspecified atom stereocenters. The third kappa shape index (κ3) is 9.30. The lowest BCUT2D eigenvalue weighted by Crippen LogP contribution is -2.40. The summed E-state index contributed by atoms with van der Waals surface area (Å²) in [4.78, 5) is 6.95. The Bertz CT molecular complexity index is 232. The number of aliphatic imine (C=N–C) groups is 1. The van der Waals surface area contributed by atoms with Gasteiger partial charge in [0, 0.05) is 24.9 Å². The van der Waals surface area contributed by atoms with Crippen molar-refractivity contribution in [3.05, 3.63) is 0 Å². The summed E-state index contributed by atoms with van der Waals surface area (Å²) in [5.41, 5.74) is 0. The van der Waals surface area contributed by atoms with E-state index in [-0.39, 0.29) is 28.7 Å². The molecule has 0 saturated carbocycles. The maximum atomic E-state index is 4.72. The van der Waals surface area contributed by atoms with Gasteiger partial charge in [-0.1, -0.05) is 13.3 Å². The maximum absolute atomic E-state index is 4.72. The van der Waals surface area contributed by atoms with Crippen molar-refractivity contribution in [3.63, 3.8) is 0 Å². The van der Waals surface area contributed by atoms with Gasteiger partial charge in [-0.25, -0.2) is 0 Å². The van der Waals surface area contributed by atoms with E-state index in [1.165, 1.54) is 12.8 Å². The standard InChI is InChI=1S/C13H29N3S.HI/c1-7-9-10-16(5)12(14-8-2)15-11-13(3,4)17-6;/h7-11H2,1-6H3,(H,14,15);1H. The fourth-order valence-electron chi connectivity index (χ4n) is 1.30. The Morgan fingerprint density at radius 2 is 1.94 bits per heavy atom. The number of thioether (sulfide) groups is 1. The number of nitrogens with one attached hydrogen (secondary N) is 1. The van der Waals surface area contributed by atoms with Crippen LogP contribution in [0.1, 0.15) is 40.5 Å². The Morgan fingerprint density at radius 3 is 2.39 bits per heavy atom. The smallest absolute Gasteiger partial charge is 0.193 e. The SMILES string of the molecule is CCCCN(C)C(=NCC(C)(C)SC)NCC.I. The minimum atomic E-state index is 0. The summed E-state index contributed by atoms with van der Waals surface area (Å²) in [5, 5.41) is 3.35. The lowest BCUT2D eigenvalue weighted by Gasteiger charge is -2.24. The summed E-state index contributed by atoms with van der Waals surface area (Å²) < 4.78 is 0.215. The normalized spacial score (nSPS) is 12.0. The molecule has 0 radical (unpaired) electrons. The van der Waals surface area contributed by atoms with Crippen molar-refractivity contribution in [2.75, 3.05) is 32.9 Å². The molecular weight excluding hydrogens is 357 g/mol. The third-order valence-corrected chi connectivity index (χ3v) is 3.94. The van der Waals surface area contributed by atoms with E-state index in [2.05, 4.69) is 51.2 Å². The summed E-state index contributed by atoms with van der Waals surface area (Å²) in [6.45, 7) is 11.6. The van der Waals surface area contributed by atoms with Crippen molar-refractivity contribution in [1.29, 1.82) is 0 Å². The second-order valence-electron chi connectivity index (χ2n) is 4.91. The fraction of sp³-hybridized carbons (Fsp3) is 0.923. The number of rotatable bonds is 7. The largest absolute Gasteiger partial charge is 0.357 e. The Balaban J connectivity index is 0. The van der Waals surface area contributed by atoms with E-state index in [9.17, 15) is 0 Å². The minimum Gasteiger partial charge on any atom is -0.357 e. The predicted molar refractivity (Wildman–Crippen MR) is 96.5 cm³/mol. The van der Waals surface area contributed by atoms with Crippen molar-refractivity contribution in [2.24, 2.45) is 4.99 Å². The van der Waals surface area contributed by atoms with Crippen molar-refractivity contribution >= 4 is 41.7 Å². The molecule has 0 rings (SSSR count). The summed E-state index contributed by atoms with van der Waals surface area (Å²) in [6, 6.07) is 0. The van der Waals surface area contributed by atoms with E-state index >= 15 is 0 Å². The number of guanidine groups is 1. The van der Waals surface area contributed by atoms with Crippen LogP contribution in [0.3, 0.4) is 0 Å². The third-order valence-electron chi connectivity index (χ3n) is 2.71. The van der Waals surface area contributed by atoms with Crippen LogP contribution in [-0.2, 0) is 0 Å². The molecule has 0 aromatic rings. The van der Waals surface area contributed by atoms with Gasteiger partial charge in [0.15, 0.2) is 5.96 Å². The molecule has 18 heavy (non-hydrogen) atoms. The molecule has 1 N–H and O–H groups in total. The molecular formula is C13H30IN3S. The van der Waals surface area contributed by atoms with Gasteiger partial charge >= 0.3 is 0 Å². The molecule has 0 aliphatic rings. The van der Waals surface area contributed by atoms with Crippen LogP contribution < -0.4 is 5.32 Å². The molecule has 0 heterocycles. The van der Waals surface area contributed by atoms with E-state index in [4.69, 9.17) is 4.99 Å². The molecule has 0 aromatic carbocycles. The first kappa shape index (κ1) is 20.7. The van der Waals surface area contributed by atoms with Crippen molar-refractivity contribution in [1.82, 2.24) is 10.2 Å². The molecule has 0 amide bonds. The van der Waals surface area contributed by atoms with Gasteiger partial charge in [-0.15, -0.1) is 24.0 Å². The van der Waals surface area contributed by atoms with Crippen LogP contribution >= 0.6 is 35.7 Å². The van der Waals surface area contributed by atoms with Crippen LogP contribution in [0.25, 0.3) is 0 Å². The fourth-order valence-corrected chi connectivity index (χ4v) is 1.49. The second-order valence-corrected chi connectivity index (χ2v) is 6.42. The van der Waals surface area contributed by atoms with Gasteiger partial charge in [-0.3, -0.25) is 4.99 Å². The zero-order valence-electron chi connectivity index (χ0n) is 12.7. The van der Waals surface area contributed by atoms with Gasteiger partial charge in [0.25, 0.3) is 0 Å². The van der Waals surface area contributed by atoms with Crippen LogP contribution in [-0.4, -0.2) is 48.5 Å². The molecule has 0 aliphatic heterocycles. The highest BCUT2D eigenvalue weighted by atomic mass is 127. The summed E-state index contributed by atoms with van der Waals surface area (Å²) in [6.07, 6.45) is 4.58. The lowest BCUT2D eigenvalue weighted by atomic mass is 10.2. The maximum Gasteiger partial charge on any atom is 0.193 e. The molecule has 3 nitrogen and oxygen atoms in total. The molecule has 0 aliphatic carbocycles. The Hall–Kier alpha value is 0.350. The number of hydrogen-bond acceptors (Lipinski definition) is 2. The first-order valence-corrected chi connectivity index (χ1v) is 7.74. The summed E-state index contributed by atoms with van der Waals surface area (Å²) in [7, 11) is 2.11. The van der Waals surface area contributed by atoms with Crippen LogP contribution in [0.15, 0.2) is 4.99 Å². The highest BCUT2D eigenvalue weighted by Crippen LogP contribution is 2.21. The highest BCUT2D eigenvalue weighted by Gasteiger charge is 2.16. The summed E-state index contributed by atoms with van der Waals surface area (Å²) >= 11 is 1.86. The van der Waals surface area contributed by atoms with Crippen LogP contribution in [0, 0.1) is 0 Å². The molecule has 0 atom stereocenters. The van der Waals surface area contributed by atoms with E-state index in [1.54, 1.807) is 0 Å². The Labute approximate surface area is 135 Å². The summed E-state index contributed by atoms with van der Waals surface area (Å²) in [5.74, 6) is 1.03. The van der Waals surface area contributed by atoms with Gasteiger partial charge in [0.05, 0.1) is 6.54 Å². The van der Waals surface area contributed by atoms with Gasteiger partial charge in [-0.2, -0.15) is 11.8 Å². The molecule has 0 spiro atoms. The molecule has 0 bridgehead atoms. The number of nitrogens with zero attached hydrogens (tertiary/aromatic N) is 2.